The topological polar surface area (TPSA) is 83.3 Å². The number of anilines is 1. The average Bonchev–Trinajstić information content (AvgIpc) is 3.28. The number of imidazole rings is 1. The molecule has 2 N–H and O–H groups in total. The minimum Gasteiger partial charge on any atom is -0.388 e. The molecule has 0 bridgehead atoms. The summed E-state index contributed by atoms with van der Waals surface area (Å²) in [5, 5.41) is 16.2. The third kappa shape index (κ3) is 3.77. The zero-order valence-electron chi connectivity index (χ0n) is 14.3. The van der Waals surface area contributed by atoms with Gasteiger partial charge in [-0.1, -0.05) is 12.1 Å². The van der Waals surface area contributed by atoms with E-state index in [0.29, 0.717) is 44.2 Å². The van der Waals surface area contributed by atoms with E-state index in [9.17, 15) is 9.90 Å². The number of piperidine rings is 1. The Morgan fingerprint density at radius 3 is 2.85 bits per heavy atom. The van der Waals surface area contributed by atoms with Crippen LogP contribution < -0.4 is 5.32 Å². The van der Waals surface area contributed by atoms with Gasteiger partial charge in [-0.05, 0) is 25.0 Å². The second-order valence-electron chi connectivity index (χ2n) is 6.75. The van der Waals surface area contributed by atoms with E-state index in [1.54, 1.807) is 12.5 Å². The number of carbonyl (C=O) groups excluding carboxylic acids is 1. The predicted molar refractivity (Wildman–Crippen MR) is 101 cm³/mol. The van der Waals surface area contributed by atoms with Gasteiger partial charge in [0.05, 0.1) is 36.1 Å². The van der Waals surface area contributed by atoms with Gasteiger partial charge in [-0.2, -0.15) is 0 Å². The first-order valence-electron chi connectivity index (χ1n) is 8.65. The van der Waals surface area contributed by atoms with E-state index in [0.717, 1.165) is 11.0 Å². The molecule has 1 amide bonds. The Morgan fingerprint density at radius 2 is 2.08 bits per heavy atom. The van der Waals surface area contributed by atoms with Crippen molar-refractivity contribution in [3.8, 4) is 0 Å². The third-order valence-electron chi connectivity index (χ3n) is 4.82. The molecule has 1 saturated heterocycles. The Hall–Kier alpha value is -2.29. The predicted octanol–water partition coefficient (Wildman–Crippen LogP) is 1.96. The molecule has 1 aliphatic heterocycles. The van der Waals surface area contributed by atoms with Crippen LogP contribution >= 0.6 is 11.3 Å². The molecule has 0 spiro atoms. The SMILES string of the molecule is O=C(CN1CCC(O)(Cn2cnc3ccccc32)CC1)Nc1nccs1. The van der Waals surface area contributed by atoms with Gasteiger partial charge in [0.2, 0.25) is 5.91 Å². The van der Waals surface area contributed by atoms with Gasteiger partial charge in [0.15, 0.2) is 5.13 Å². The highest BCUT2D eigenvalue weighted by atomic mass is 32.1. The molecule has 8 heteroatoms. The van der Waals surface area contributed by atoms with Crippen LogP contribution in [0.4, 0.5) is 5.13 Å². The largest absolute Gasteiger partial charge is 0.388 e. The average molecular weight is 371 g/mol. The van der Waals surface area contributed by atoms with Crippen molar-refractivity contribution in [3.63, 3.8) is 0 Å². The van der Waals surface area contributed by atoms with E-state index in [1.807, 2.05) is 34.2 Å². The molecular formula is C18H21N5O2S. The molecular weight excluding hydrogens is 350 g/mol. The summed E-state index contributed by atoms with van der Waals surface area (Å²) in [7, 11) is 0. The van der Waals surface area contributed by atoms with Gasteiger partial charge in [0.1, 0.15) is 0 Å². The summed E-state index contributed by atoms with van der Waals surface area (Å²) in [5.41, 5.74) is 1.20. The maximum Gasteiger partial charge on any atom is 0.240 e. The van der Waals surface area contributed by atoms with Crippen molar-refractivity contribution in [2.45, 2.75) is 25.0 Å². The monoisotopic (exact) mass is 371 g/mol. The van der Waals surface area contributed by atoms with Crippen LogP contribution in [0.2, 0.25) is 0 Å². The molecule has 3 aromatic rings. The maximum absolute atomic E-state index is 12.1. The number of hydrogen-bond donors (Lipinski definition) is 2. The number of fused-ring (bicyclic) bond motifs is 1. The second-order valence-corrected chi connectivity index (χ2v) is 7.64. The van der Waals surface area contributed by atoms with Crippen molar-refractivity contribution in [2.24, 2.45) is 0 Å². The zero-order chi connectivity index (χ0) is 18.0. The summed E-state index contributed by atoms with van der Waals surface area (Å²) in [5.74, 6) is -0.0639. The maximum atomic E-state index is 12.1. The molecule has 4 rings (SSSR count). The Kier molecular flexibility index (Phi) is 4.71. The van der Waals surface area contributed by atoms with Crippen LogP contribution in [0.15, 0.2) is 42.2 Å². The van der Waals surface area contributed by atoms with Crippen LogP contribution in [-0.4, -0.2) is 55.7 Å². The Morgan fingerprint density at radius 1 is 1.27 bits per heavy atom. The number of thiazole rings is 1. The lowest BCUT2D eigenvalue weighted by Crippen LogP contribution is -2.48. The van der Waals surface area contributed by atoms with E-state index >= 15 is 0 Å². The van der Waals surface area contributed by atoms with Crippen molar-refractivity contribution in [3.05, 3.63) is 42.2 Å². The number of hydrogen-bond acceptors (Lipinski definition) is 6. The Balaban J connectivity index is 1.33. The standard InChI is InChI=1S/C18H21N5O2S/c24-16(21-17-19-7-10-26-17)11-22-8-5-18(25,6-9-22)12-23-13-20-14-3-1-2-4-15(14)23/h1-4,7,10,13,25H,5-6,8-9,11-12H2,(H,19,21,24). The van der Waals surface area contributed by atoms with Crippen LogP contribution in [0, 0.1) is 0 Å². The first kappa shape index (κ1) is 17.1. The highest BCUT2D eigenvalue weighted by Gasteiger charge is 2.33. The van der Waals surface area contributed by atoms with Crippen molar-refractivity contribution in [2.75, 3.05) is 25.0 Å². The van der Waals surface area contributed by atoms with Crippen LogP contribution in [0.5, 0.6) is 0 Å². The molecule has 26 heavy (non-hydrogen) atoms. The molecule has 0 atom stereocenters. The highest BCUT2D eigenvalue weighted by Crippen LogP contribution is 2.26. The van der Waals surface area contributed by atoms with E-state index in [4.69, 9.17) is 0 Å². The molecule has 0 radical (unpaired) electrons. The molecule has 1 aromatic carbocycles. The van der Waals surface area contributed by atoms with Crippen molar-refractivity contribution < 1.29 is 9.90 Å². The van der Waals surface area contributed by atoms with Crippen molar-refractivity contribution >= 4 is 33.4 Å². The van der Waals surface area contributed by atoms with Gasteiger partial charge in [-0.3, -0.25) is 9.69 Å². The van der Waals surface area contributed by atoms with Gasteiger partial charge in [-0.15, -0.1) is 11.3 Å². The number of aliphatic hydroxyl groups is 1. The number of nitrogens with one attached hydrogen (secondary N) is 1. The van der Waals surface area contributed by atoms with Crippen LogP contribution in [0.1, 0.15) is 12.8 Å². The molecule has 7 nitrogen and oxygen atoms in total. The van der Waals surface area contributed by atoms with Gasteiger partial charge in [0.25, 0.3) is 0 Å². The zero-order valence-corrected chi connectivity index (χ0v) is 15.2. The lowest BCUT2D eigenvalue weighted by molar-refractivity contribution is -0.118. The van der Waals surface area contributed by atoms with E-state index in [-0.39, 0.29) is 5.91 Å². The van der Waals surface area contributed by atoms with Gasteiger partial charge in [-0.25, -0.2) is 9.97 Å². The molecule has 1 aliphatic rings. The second kappa shape index (κ2) is 7.14. The normalized spacial score (nSPS) is 17.4. The lowest BCUT2D eigenvalue weighted by atomic mass is 9.91. The molecule has 3 heterocycles. The first-order valence-corrected chi connectivity index (χ1v) is 9.53. The highest BCUT2D eigenvalue weighted by molar-refractivity contribution is 7.13. The summed E-state index contributed by atoms with van der Waals surface area (Å²) in [6, 6.07) is 7.93. The van der Waals surface area contributed by atoms with Crippen molar-refractivity contribution in [1.29, 1.82) is 0 Å². The molecule has 2 aromatic heterocycles. The molecule has 136 valence electrons. The first-order chi connectivity index (χ1) is 12.6. The summed E-state index contributed by atoms with van der Waals surface area (Å²) >= 11 is 1.41. The number of amides is 1. The minimum atomic E-state index is -0.772. The number of benzene rings is 1. The fraction of sp³-hybridized carbons (Fsp3) is 0.389. The smallest absolute Gasteiger partial charge is 0.240 e. The molecule has 0 unspecified atom stereocenters. The molecule has 0 aliphatic carbocycles. The summed E-state index contributed by atoms with van der Waals surface area (Å²) in [4.78, 5) is 22.6. The molecule has 0 saturated carbocycles. The number of rotatable bonds is 5. The summed E-state index contributed by atoms with van der Waals surface area (Å²) < 4.78 is 2.01. The number of likely N-dealkylation sites (tertiary alicyclic amines) is 1. The van der Waals surface area contributed by atoms with E-state index in [2.05, 4.69) is 20.2 Å². The van der Waals surface area contributed by atoms with Crippen LogP contribution in [0.3, 0.4) is 0 Å². The van der Waals surface area contributed by atoms with Crippen molar-refractivity contribution in [1.82, 2.24) is 19.4 Å². The van der Waals surface area contributed by atoms with E-state index < -0.39 is 5.60 Å². The number of carbonyl (C=O) groups is 1. The lowest BCUT2D eigenvalue weighted by Gasteiger charge is -2.38. The summed E-state index contributed by atoms with van der Waals surface area (Å²) in [6.07, 6.45) is 4.71. The van der Waals surface area contributed by atoms with Crippen LogP contribution in [0.25, 0.3) is 11.0 Å². The van der Waals surface area contributed by atoms with E-state index in [1.165, 1.54) is 11.3 Å². The number of para-hydroxylation sites is 2. The number of nitrogens with zero attached hydrogens (tertiary/aromatic N) is 4. The fourth-order valence-corrected chi connectivity index (χ4v) is 3.93. The van der Waals surface area contributed by atoms with Gasteiger partial charge >= 0.3 is 0 Å². The Labute approximate surface area is 155 Å². The number of aromatic nitrogens is 3. The fourth-order valence-electron chi connectivity index (χ4n) is 3.39. The molecule has 1 fully saturated rings. The minimum absolute atomic E-state index is 0.0639. The van der Waals surface area contributed by atoms with Gasteiger partial charge < -0.3 is 15.0 Å². The summed E-state index contributed by atoms with van der Waals surface area (Å²) in [6.45, 7) is 2.22. The van der Waals surface area contributed by atoms with Gasteiger partial charge in [0, 0.05) is 24.7 Å². The van der Waals surface area contributed by atoms with Crippen LogP contribution in [-0.2, 0) is 11.3 Å². The quantitative estimate of drug-likeness (QED) is 0.716. The Bertz CT molecular complexity index is 884. The third-order valence-corrected chi connectivity index (χ3v) is 5.51.